The molecule has 1 aliphatic carbocycles. The SMILES string of the molecule is CNC(C)CNC(=O)c1nn(-c2ccccc2)c2c1CCC2. The Bertz CT molecular complexity index is 663. The summed E-state index contributed by atoms with van der Waals surface area (Å²) in [7, 11) is 1.89. The molecule has 2 aromatic rings. The Labute approximate surface area is 130 Å². The van der Waals surface area contributed by atoms with Crippen molar-refractivity contribution in [2.45, 2.75) is 32.2 Å². The first-order valence-corrected chi connectivity index (χ1v) is 7.82. The molecule has 1 aromatic heterocycles. The second-order valence-electron chi connectivity index (χ2n) is 5.77. The molecule has 0 fully saturated rings. The van der Waals surface area contributed by atoms with Gasteiger partial charge in [-0.05, 0) is 45.4 Å². The maximum Gasteiger partial charge on any atom is 0.272 e. The molecule has 1 unspecified atom stereocenters. The van der Waals surface area contributed by atoms with Gasteiger partial charge in [0.1, 0.15) is 0 Å². The molecule has 5 heteroatoms. The van der Waals surface area contributed by atoms with Crippen molar-refractivity contribution in [2.75, 3.05) is 13.6 Å². The van der Waals surface area contributed by atoms with Gasteiger partial charge in [0.05, 0.1) is 5.69 Å². The molecule has 5 nitrogen and oxygen atoms in total. The molecule has 0 radical (unpaired) electrons. The number of para-hydroxylation sites is 1. The highest BCUT2D eigenvalue weighted by atomic mass is 16.2. The average Bonchev–Trinajstić information content (AvgIpc) is 3.15. The van der Waals surface area contributed by atoms with Crippen LogP contribution in [0.15, 0.2) is 30.3 Å². The van der Waals surface area contributed by atoms with Crippen molar-refractivity contribution in [2.24, 2.45) is 0 Å². The van der Waals surface area contributed by atoms with Gasteiger partial charge in [0.2, 0.25) is 0 Å². The lowest BCUT2D eigenvalue weighted by molar-refractivity contribution is 0.0944. The number of carbonyl (C=O) groups excluding carboxylic acids is 1. The summed E-state index contributed by atoms with van der Waals surface area (Å²) in [6, 6.07) is 10.3. The third kappa shape index (κ3) is 2.76. The zero-order valence-electron chi connectivity index (χ0n) is 13.1. The van der Waals surface area contributed by atoms with Crippen LogP contribution in [0.2, 0.25) is 0 Å². The predicted octanol–water partition coefficient (Wildman–Crippen LogP) is 1.70. The first-order chi connectivity index (χ1) is 10.7. The van der Waals surface area contributed by atoms with Crippen LogP contribution in [0.5, 0.6) is 0 Å². The number of benzene rings is 1. The quantitative estimate of drug-likeness (QED) is 0.883. The molecule has 2 N–H and O–H groups in total. The largest absolute Gasteiger partial charge is 0.349 e. The molecular weight excluding hydrogens is 276 g/mol. The third-order valence-corrected chi connectivity index (χ3v) is 4.21. The van der Waals surface area contributed by atoms with Crippen LogP contribution in [-0.2, 0) is 12.8 Å². The van der Waals surface area contributed by atoms with Gasteiger partial charge >= 0.3 is 0 Å². The number of likely N-dealkylation sites (N-methyl/N-ethyl adjacent to an activating group) is 1. The summed E-state index contributed by atoms with van der Waals surface area (Å²) in [6.45, 7) is 2.63. The minimum absolute atomic E-state index is 0.0741. The number of fused-ring (bicyclic) bond motifs is 1. The normalized spacial score (nSPS) is 14.6. The monoisotopic (exact) mass is 298 g/mol. The van der Waals surface area contributed by atoms with Crippen molar-refractivity contribution in [1.82, 2.24) is 20.4 Å². The van der Waals surface area contributed by atoms with E-state index in [2.05, 4.69) is 15.7 Å². The first-order valence-electron chi connectivity index (χ1n) is 7.82. The minimum Gasteiger partial charge on any atom is -0.349 e. The van der Waals surface area contributed by atoms with Gasteiger partial charge in [0.15, 0.2) is 5.69 Å². The van der Waals surface area contributed by atoms with Crippen LogP contribution < -0.4 is 10.6 Å². The molecule has 1 atom stereocenters. The van der Waals surface area contributed by atoms with Gasteiger partial charge in [-0.3, -0.25) is 4.79 Å². The third-order valence-electron chi connectivity index (χ3n) is 4.21. The summed E-state index contributed by atoms with van der Waals surface area (Å²) in [5.74, 6) is -0.0741. The Balaban J connectivity index is 1.88. The fourth-order valence-corrected chi connectivity index (χ4v) is 2.83. The van der Waals surface area contributed by atoms with E-state index in [-0.39, 0.29) is 11.9 Å². The number of nitrogens with zero attached hydrogens (tertiary/aromatic N) is 2. The van der Waals surface area contributed by atoms with Crippen molar-refractivity contribution >= 4 is 5.91 Å². The number of hydrogen-bond acceptors (Lipinski definition) is 3. The summed E-state index contributed by atoms with van der Waals surface area (Å²) in [4.78, 5) is 12.5. The number of hydrogen-bond donors (Lipinski definition) is 2. The highest BCUT2D eigenvalue weighted by Crippen LogP contribution is 2.27. The molecular formula is C17H22N4O. The molecule has 0 spiro atoms. The second kappa shape index (κ2) is 6.32. The van der Waals surface area contributed by atoms with E-state index in [1.807, 2.05) is 49.0 Å². The maximum absolute atomic E-state index is 12.5. The van der Waals surface area contributed by atoms with E-state index in [0.29, 0.717) is 12.2 Å². The molecule has 22 heavy (non-hydrogen) atoms. The van der Waals surface area contributed by atoms with E-state index in [0.717, 1.165) is 30.5 Å². The van der Waals surface area contributed by atoms with Crippen molar-refractivity contribution in [1.29, 1.82) is 0 Å². The zero-order chi connectivity index (χ0) is 15.5. The number of rotatable bonds is 5. The van der Waals surface area contributed by atoms with Gasteiger partial charge in [-0.2, -0.15) is 5.10 Å². The van der Waals surface area contributed by atoms with Gasteiger partial charge in [-0.25, -0.2) is 4.68 Å². The number of aromatic nitrogens is 2. The molecule has 0 bridgehead atoms. The molecule has 1 aliphatic rings. The smallest absolute Gasteiger partial charge is 0.272 e. The lowest BCUT2D eigenvalue weighted by Crippen LogP contribution is -2.37. The lowest BCUT2D eigenvalue weighted by atomic mass is 10.2. The van der Waals surface area contributed by atoms with E-state index in [9.17, 15) is 4.79 Å². The van der Waals surface area contributed by atoms with Crippen LogP contribution in [0.4, 0.5) is 0 Å². The van der Waals surface area contributed by atoms with Gasteiger partial charge in [0, 0.05) is 23.8 Å². The number of nitrogens with one attached hydrogen (secondary N) is 2. The minimum atomic E-state index is -0.0741. The highest BCUT2D eigenvalue weighted by Gasteiger charge is 2.26. The summed E-state index contributed by atoms with van der Waals surface area (Å²) >= 11 is 0. The standard InChI is InChI=1S/C17H22N4O/c1-12(18-2)11-19-17(22)16-14-9-6-10-15(14)21(20-16)13-7-4-3-5-8-13/h3-5,7-8,12,18H,6,9-11H2,1-2H3,(H,19,22). The van der Waals surface area contributed by atoms with Crippen LogP contribution >= 0.6 is 0 Å². The van der Waals surface area contributed by atoms with Crippen LogP contribution in [0.3, 0.4) is 0 Å². The Morgan fingerprint density at radius 1 is 1.32 bits per heavy atom. The summed E-state index contributed by atoms with van der Waals surface area (Å²) in [5.41, 5.74) is 3.89. The van der Waals surface area contributed by atoms with Gasteiger partial charge < -0.3 is 10.6 Å². The van der Waals surface area contributed by atoms with Gasteiger partial charge in [0.25, 0.3) is 5.91 Å². The van der Waals surface area contributed by atoms with Crippen LogP contribution in [-0.4, -0.2) is 35.3 Å². The predicted molar refractivity (Wildman–Crippen MR) is 86.4 cm³/mol. The van der Waals surface area contributed by atoms with Crippen LogP contribution in [0.1, 0.15) is 35.1 Å². The van der Waals surface area contributed by atoms with Crippen LogP contribution in [0.25, 0.3) is 5.69 Å². The fraction of sp³-hybridized carbons (Fsp3) is 0.412. The Morgan fingerprint density at radius 3 is 2.82 bits per heavy atom. The van der Waals surface area contributed by atoms with Gasteiger partial charge in [-0.15, -0.1) is 0 Å². The van der Waals surface area contributed by atoms with Gasteiger partial charge in [-0.1, -0.05) is 18.2 Å². The Hall–Kier alpha value is -2.14. The molecule has 1 aromatic carbocycles. The summed E-state index contributed by atoms with van der Waals surface area (Å²) < 4.78 is 1.93. The van der Waals surface area contributed by atoms with Crippen molar-refractivity contribution < 1.29 is 4.79 Å². The van der Waals surface area contributed by atoms with Crippen molar-refractivity contribution in [3.05, 3.63) is 47.3 Å². The lowest BCUT2D eigenvalue weighted by Gasteiger charge is -2.10. The average molecular weight is 298 g/mol. The zero-order valence-corrected chi connectivity index (χ0v) is 13.1. The Kier molecular flexibility index (Phi) is 4.24. The van der Waals surface area contributed by atoms with E-state index in [4.69, 9.17) is 0 Å². The highest BCUT2D eigenvalue weighted by molar-refractivity contribution is 5.94. The Morgan fingerprint density at radius 2 is 2.09 bits per heavy atom. The topological polar surface area (TPSA) is 58.9 Å². The second-order valence-corrected chi connectivity index (χ2v) is 5.77. The number of amides is 1. The van der Waals surface area contributed by atoms with E-state index in [1.165, 1.54) is 5.69 Å². The van der Waals surface area contributed by atoms with Crippen molar-refractivity contribution in [3.63, 3.8) is 0 Å². The fourth-order valence-electron chi connectivity index (χ4n) is 2.83. The van der Waals surface area contributed by atoms with E-state index in [1.54, 1.807) is 0 Å². The van der Waals surface area contributed by atoms with E-state index >= 15 is 0 Å². The molecule has 1 heterocycles. The summed E-state index contributed by atoms with van der Waals surface area (Å²) in [5, 5.41) is 10.7. The molecule has 0 aliphatic heterocycles. The summed E-state index contributed by atoms with van der Waals surface area (Å²) in [6.07, 6.45) is 3.01. The van der Waals surface area contributed by atoms with Crippen molar-refractivity contribution in [3.8, 4) is 5.69 Å². The molecule has 116 valence electrons. The molecule has 0 saturated heterocycles. The molecule has 0 saturated carbocycles. The number of carbonyl (C=O) groups is 1. The first kappa shape index (κ1) is 14.8. The molecule has 1 amide bonds. The van der Waals surface area contributed by atoms with Crippen LogP contribution in [0, 0.1) is 0 Å². The molecule has 3 rings (SSSR count). The maximum atomic E-state index is 12.5. The van der Waals surface area contributed by atoms with E-state index < -0.39 is 0 Å².